The lowest BCUT2D eigenvalue weighted by Crippen LogP contribution is -2.52. The summed E-state index contributed by atoms with van der Waals surface area (Å²) < 4.78 is 6.05. The first kappa shape index (κ1) is 15.8. The highest BCUT2D eigenvalue weighted by Gasteiger charge is 2.47. The van der Waals surface area contributed by atoms with Crippen molar-refractivity contribution in [2.24, 2.45) is 0 Å². The second-order valence-corrected chi connectivity index (χ2v) is 7.70. The molecule has 26 heavy (non-hydrogen) atoms. The van der Waals surface area contributed by atoms with E-state index in [1.165, 1.54) is 0 Å². The lowest BCUT2D eigenvalue weighted by molar-refractivity contribution is -0.136. The number of benzene rings is 1. The highest BCUT2D eigenvalue weighted by Crippen LogP contribution is 2.48. The number of imide groups is 1. The maximum Gasteiger partial charge on any atom is 0.258 e. The van der Waals surface area contributed by atoms with E-state index in [1.54, 1.807) is 4.90 Å². The zero-order chi connectivity index (χ0) is 17.9. The molecule has 4 aliphatic rings. The largest absolute Gasteiger partial charge is 0.491 e. The molecule has 4 aliphatic heterocycles. The van der Waals surface area contributed by atoms with Crippen molar-refractivity contribution in [1.29, 1.82) is 0 Å². The first-order valence-corrected chi connectivity index (χ1v) is 9.24. The van der Waals surface area contributed by atoms with Crippen molar-refractivity contribution in [3.63, 3.8) is 0 Å². The monoisotopic (exact) mass is 355 g/mol. The van der Waals surface area contributed by atoms with Gasteiger partial charge in [-0.1, -0.05) is 12.1 Å². The van der Waals surface area contributed by atoms with Gasteiger partial charge in [0.2, 0.25) is 11.8 Å². The van der Waals surface area contributed by atoms with Gasteiger partial charge in [0, 0.05) is 23.9 Å². The number of piperidine rings is 2. The first-order chi connectivity index (χ1) is 12.6. The molecule has 0 aromatic heterocycles. The summed E-state index contributed by atoms with van der Waals surface area (Å²) in [6.45, 7) is 2.92. The molecular formula is C19H21N3O4. The van der Waals surface area contributed by atoms with E-state index in [-0.39, 0.29) is 29.6 Å². The maximum absolute atomic E-state index is 13.1. The highest BCUT2D eigenvalue weighted by molar-refractivity contribution is 6.06. The van der Waals surface area contributed by atoms with Crippen molar-refractivity contribution in [3.05, 3.63) is 28.8 Å². The van der Waals surface area contributed by atoms with Crippen LogP contribution in [0.4, 0.5) is 0 Å². The number of amides is 3. The molecule has 1 aromatic rings. The number of hydrogen-bond acceptors (Lipinski definition) is 5. The van der Waals surface area contributed by atoms with Gasteiger partial charge >= 0.3 is 0 Å². The van der Waals surface area contributed by atoms with Gasteiger partial charge in [-0.25, -0.2) is 0 Å². The lowest BCUT2D eigenvalue weighted by Gasteiger charge is -2.32. The van der Waals surface area contributed by atoms with Gasteiger partial charge in [0.05, 0.1) is 12.2 Å². The van der Waals surface area contributed by atoms with E-state index in [9.17, 15) is 14.4 Å². The molecule has 1 atom stereocenters. The van der Waals surface area contributed by atoms with E-state index in [0.29, 0.717) is 30.9 Å². The number of carbonyl (C=O) groups is 3. The highest BCUT2D eigenvalue weighted by atomic mass is 16.5. The van der Waals surface area contributed by atoms with Crippen LogP contribution in [-0.2, 0) is 21.5 Å². The van der Waals surface area contributed by atoms with Crippen LogP contribution in [0.15, 0.2) is 12.1 Å². The van der Waals surface area contributed by atoms with Gasteiger partial charge in [0.15, 0.2) is 0 Å². The van der Waals surface area contributed by atoms with E-state index in [4.69, 9.17) is 4.74 Å². The van der Waals surface area contributed by atoms with Crippen LogP contribution >= 0.6 is 0 Å². The topological polar surface area (TPSA) is 87.7 Å². The fraction of sp³-hybridized carbons (Fsp3) is 0.526. The number of nitrogens with one attached hydrogen (secondary N) is 2. The van der Waals surface area contributed by atoms with Gasteiger partial charge in [-0.3, -0.25) is 19.7 Å². The number of nitrogens with zero attached hydrogens (tertiary/aromatic N) is 1. The smallest absolute Gasteiger partial charge is 0.258 e. The number of carbonyl (C=O) groups excluding carboxylic acids is 3. The standard InChI is InChI=1S/C19H21N3O4/c23-14-4-3-13(17(24)21-14)22-9-11-1-2-12-16(15(11)18(22)25)26-10-19(12)5-7-20-8-6-19/h1-2,13,20H,3-10H2,(H,21,23,24)/t13-/m0/s1. The minimum absolute atomic E-state index is 0.00204. The molecule has 0 saturated carbocycles. The van der Waals surface area contributed by atoms with Gasteiger partial charge in [-0.15, -0.1) is 0 Å². The Morgan fingerprint density at radius 1 is 1.15 bits per heavy atom. The normalized spacial score (nSPS) is 26.5. The van der Waals surface area contributed by atoms with Crippen molar-refractivity contribution >= 4 is 17.7 Å². The molecule has 1 aromatic carbocycles. The lowest BCUT2D eigenvalue weighted by atomic mass is 9.74. The maximum atomic E-state index is 13.1. The molecule has 2 N–H and O–H groups in total. The Kier molecular flexibility index (Phi) is 3.37. The first-order valence-electron chi connectivity index (χ1n) is 9.24. The third-order valence-electron chi connectivity index (χ3n) is 6.27. The Morgan fingerprint density at radius 2 is 1.96 bits per heavy atom. The summed E-state index contributed by atoms with van der Waals surface area (Å²) in [6.07, 6.45) is 2.65. The Balaban J connectivity index is 1.49. The van der Waals surface area contributed by atoms with Gasteiger partial charge in [-0.2, -0.15) is 0 Å². The van der Waals surface area contributed by atoms with E-state index < -0.39 is 6.04 Å². The van der Waals surface area contributed by atoms with Crippen LogP contribution in [0.3, 0.4) is 0 Å². The fourth-order valence-corrected chi connectivity index (χ4v) is 4.79. The van der Waals surface area contributed by atoms with Crippen LogP contribution in [-0.4, -0.2) is 48.4 Å². The Bertz CT molecular complexity index is 828. The average Bonchev–Trinajstić information content (AvgIpc) is 3.15. The van der Waals surface area contributed by atoms with E-state index in [0.717, 1.165) is 37.1 Å². The summed E-state index contributed by atoms with van der Waals surface area (Å²) >= 11 is 0. The molecule has 0 unspecified atom stereocenters. The third kappa shape index (κ3) is 2.13. The van der Waals surface area contributed by atoms with Gasteiger partial charge in [-0.05, 0) is 37.9 Å². The van der Waals surface area contributed by atoms with Crippen LogP contribution in [0.25, 0.3) is 0 Å². The SMILES string of the molecule is O=C1CC[C@H](N2Cc3ccc4c(c3C2=O)OCC42CCNCC2)C(=O)N1. The second kappa shape index (κ2) is 5.54. The van der Waals surface area contributed by atoms with Crippen molar-refractivity contribution in [3.8, 4) is 5.75 Å². The zero-order valence-electron chi connectivity index (χ0n) is 14.5. The van der Waals surface area contributed by atoms with Crippen LogP contribution in [0.2, 0.25) is 0 Å². The molecule has 0 bridgehead atoms. The quantitative estimate of drug-likeness (QED) is 0.715. The van der Waals surface area contributed by atoms with Crippen LogP contribution < -0.4 is 15.4 Å². The molecule has 0 aliphatic carbocycles. The molecule has 7 nitrogen and oxygen atoms in total. The van der Waals surface area contributed by atoms with Crippen LogP contribution in [0, 0.1) is 0 Å². The predicted molar refractivity (Wildman–Crippen MR) is 91.8 cm³/mol. The van der Waals surface area contributed by atoms with Gasteiger partial charge in [0.1, 0.15) is 11.8 Å². The fourth-order valence-electron chi connectivity index (χ4n) is 4.79. The molecule has 2 fully saturated rings. The summed E-state index contributed by atoms with van der Waals surface area (Å²) in [6, 6.07) is 3.53. The van der Waals surface area contributed by atoms with E-state index in [1.807, 2.05) is 6.07 Å². The molecule has 2 saturated heterocycles. The molecule has 136 valence electrons. The van der Waals surface area contributed by atoms with Crippen molar-refractivity contribution in [2.45, 2.75) is 43.7 Å². The summed E-state index contributed by atoms with van der Waals surface area (Å²) in [5, 5.41) is 5.73. The summed E-state index contributed by atoms with van der Waals surface area (Å²) in [4.78, 5) is 38.3. The third-order valence-corrected chi connectivity index (χ3v) is 6.27. The number of ether oxygens (including phenoxy) is 1. The van der Waals surface area contributed by atoms with Crippen LogP contribution in [0.5, 0.6) is 5.75 Å². The molecule has 1 spiro atoms. The minimum atomic E-state index is -0.586. The van der Waals surface area contributed by atoms with Crippen molar-refractivity contribution < 1.29 is 19.1 Å². The van der Waals surface area contributed by atoms with Crippen molar-refractivity contribution in [2.75, 3.05) is 19.7 Å². The minimum Gasteiger partial charge on any atom is -0.491 e. The second-order valence-electron chi connectivity index (χ2n) is 7.70. The average molecular weight is 355 g/mol. The molecule has 3 amide bonds. The Labute approximate surface area is 151 Å². The molecular weight excluding hydrogens is 334 g/mol. The summed E-state index contributed by atoms with van der Waals surface area (Å²) in [7, 11) is 0. The Morgan fingerprint density at radius 3 is 2.73 bits per heavy atom. The van der Waals surface area contributed by atoms with E-state index >= 15 is 0 Å². The van der Waals surface area contributed by atoms with E-state index in [2.05, 4.69) is 16.7 Å². The predicted octanol–water partition coefficient (Wildman–Crippen LogP) is 0.461. The molecule has 7 heteroatoms. The summed E-state index contributed by atoms with van der Waals surface area (Å²) in [5.41, 5.74) is 2.65. The number of hydrogen-bond donors (Lipinski definition) is 2. The van der Waals surface area contributed by atoms with Gasteiger partial charge in [0.25, 0.3) is 5.91 Å². The number of fused-ring (bicyclic) bond motifs is 4. The van der Waals surface area contributed by atoms with Crippen LogP contribution in [0.1, 0.15) is 47.2 Å². The number of rotatable bonds is 1. The molecule has 5 rings (SSSR count). The molecule has 4 heterocycles. The molecule has 0 radical (unpaired) electrons. The van der Waals surface area contributed by atoms with Crippen molar-refractivity contribution in [1.82, 2.24) is 15.5 Å². The van der Waals surface area contributed by atoms with Gasteiger partial charge < -0.3 is 15.0 Å². The zero-order valence-corrected chi connectivity index (χ0v) is 14.5. The Hall–Kier alpha value is -2.41. The summed E-state index contributed by atoms with van der Waals surface area (Å²) in [5.74, 6) is -0.0937.